The summed E-state index contributed by atoms with van der Waals surface area (Å²) in [6, 6.07) is 18.1. The Morgan fingerprint density at radius 2 is 1.14 bits per heavy atom. The largest absolute Gasteiger partial charge is 0.494 e. The molecule has 0 aliphatic heterocycles. The topological polar surface area (TPSA) is 140 Å². The molecule has 0 unspecified atom stereocenters. The summed E-state index contributed by atoms with van der Waals surface area (Å²) in [6.45, 7) is 4.55. The first-order chi connectivity index (χ1) is 17.6. The van der Waals surface area contributed by atoms with Crippen molar-refractivity contribution in [1.29, 1.82) is 0 Å². The first-order valence-electron chi connectivity index (χ1n) is 11.5. The van der Waals surface area contributed by atoms with E-state index in [0.29, 0.717) is 36.1 Å². The quantitative estimate of drug-likeness (QED) is 0.297. The van der Waals surface area contributed by atoms with Crippen molar-refractivity contribution in [3.8, 4) is 11.5 Å². The maximum absolute atomic E-state index is 12.6. The number of sulfonamides is 2. The maximum atomic E-state index is 12.6. The second-order valence-corrected chi connectivity index (χ2v) is 11.1. The van der Waals surface area contributed by atoms with Gasteiger partial charge in [-0.2, -0.15) is 0 Å². The molecule has 0 saturated heterocycles. The van der Waals surface area contributed by atoms with Crippen molar-refractivity contribution in [2.24, 2.45) is 0 Å². The first kappa shape index (κ1) is 28.0. The highest BCUT2D eigenvalue weighted by atomic mass is 32.2. The molecule has 10 nitrogen and oxygen atoms in total. The Morgan fingerprint density at radius 1 is 0.676 bits per heavy atom. The summed E-state index contributed by atoms with van der Waals surface area (Å²) in [5.74, 6) is 0.763. The Morgan fingerprint density at radius 3 is 1.68 bits per heavy atom. The summed E-state index contributed by atoms with van der Waals surface area (Å²) in [4.78, 5) is 12.3. The summed E-state index contributed by atoms with van der Waals surface area (Å²) in [5.41, 5.74) is 0.757. The molecular weight excluding hydrogens is 518 g/mol. The highest BCUT2D eigenvalue weighted by molar-refractivity contribution is 7.92. The van der Waals surface area contributed by atoms with Crippen LogP contribution in [0.15, 0.2) is 82.6 Å². The highest BCUT2D eigenvalue weighted by Gasteiger charge is 2.16. The van der Waals surface area contributed by atoms with Crippen molar-refractivity contribution >= 4 is 37.3 Å². The summed E-state index contributed by atoms with van der Waals surface area (Å²) >= 11 is 0. The molecule has 1 amide bonds. The van der Waals surface area contributed by atoms with Crippen molar-refractivity contribution < 1.29 is 31.1 Å². The van der Waals surface area contributed by atoms with Crippen LogP contribution in [0.4, 0.5) is 11.4 Å². The lowest BCUT2D eigenvalue weighted by atomic mass is 10.3. The van der Waals surface area contributed by atoms with Gasteiger partial charge in [-0.25, -0.2) is 21.6 Å². The molecule has 0 heterocycles. The number of amides is 1. The van der Waals surface area contributed by atoms with Crippen LogP contribution >= 0.6 is 0 Å². The Hall–Kier alpha value is -3.61. The van der Waals surface area contributed by atoms with Crippen LogP contribution in [0.2, 0.25) is 0 Å². The van der Waals surface area contributed by atoms with Crippen molar-refractivity contribution in [2.45, 2.75) is 30.1 Å². The van der Waals surface area contributed by atoms with E-state index in [0.717, 1.165) is 0 Å². The summed E-state index contributed by atoms with van der Waals surface area (Å²) in [7, 11) is -7.61. The molecule has 0 bridgehead atoms. The average molecular weight is 548 g/mol. The summed E-state index contributed by atoms with van der Waals surface area (Å²) in [5, 5.41) is 2.62. The molecule has 0 atom stereocenters. The molecule has 37 heavy (non-hydrogen) atoms. The Balaban J connectivity index is 1.51. The predicted octanol–water partition coefficient (Wildman–Crippen LogP) is 3.59. The lowest BCUT2D eigenvalue weighted by Crippen LogP contribution is -2.27. The van der Waals surface area contributed by atoms with Gasteiger partial charge in [0.05, 0.1) is 23.0 Å². The van der Waals surface area contributed by atoms with Gasteiger partial charge in [0.15, 0.2) is 0 Å². The van der Waals surface area contributed by atoms with E-state index in [-0.39, 0.29) is 22.8 Å². The van der Waals surface area contributed by atoms with Crippen LogP contribution in [-0.2, 0) is 24.8 Å². The fraction of sp³-hybridized carbons (Fsp3) is 0.240. The molecular formula is C25H29N3O7S2. The molecule has 0 spiro atoms. The molecule has 198 valence electrons. The number of rotatable bonds is 13. The molecule has 0 aliphatic rings. The van der Waals surface area contributed by atoms with Crippen molar-refractivity contribution in [3.05, 3.63) is 72.8 Å². The fourth-order valence-corrected chi connectivity index (χ4v) is 5.30. The number of ether oxygens (including phenoxy) is 2. The van der Waals surface area contributed by atoms with Crippen LogP contribution in [-0.4, -0.2) is 42.5 Å². The van der Waals surface area contributed by atoms with E-state index in [1.165, 1.54) is 36.4 Å². The Kier molecular flexibility index (Phi) is 9.50. The van der Waals surface area contributed by atoms with E-state index in [4.69, 9.17) is 9.47 Å². The van der Waals surface area contributed by atoms with Crippen molar-refractivity contribution in [3.63, 3.8) is 0 Å². The third-order valence-electron chi connectivity index (χ3n) is 4.96. The number of hydrogen-bond donors (Lipinski definition) is 3. The number of nitrogens with one attached hydrogen (secondary N) is 3. The molecule has 0 fully saturated rings. The van der Waals surface area contributed by atoms with Gasteiger partial charge in [-0.15, -0.1) is 0 Å². The number of hydrogen-bond acceptors (Lipinski definition) is 7. The number of carbonyl (C=O) groups excluding carboxylic acids is 1. The number of carbonyl (C=O) groups is 1. The van der Waals surface area contributed by atoms with E-state index < -0.39 is 26.0 Å². The third kappa shape index (κ3) is 8.20. The molecule has 3 aromatic rings. The van der Waals surface area contributed by atoms with Crippen molar-refractivity contribution in [2.75, 3.05) is 29.8 Å². The van der Waals surface area contributed by atoms with Crippen molar-refractivity contribution in [1.82, 2.24) is 4.72 Å². The standard InChI is InChI=1S/C25H29N3O7S2/c1-3-34-21-9-5-20(6-10-21)28-37(32,33)24-13-7-19(8-14-24)27-25(29)17-18-26-36(30,31)23-15-11-22(12-16-23)35-4-2/h5-16,26,28H,3-4,17-18H2,1-2H3,(H,27,29). The lowest BCUT2D eigenvalue weighted by Gasteiger charge is -2.11. The molecule has 3 rings (SSSR count). The fourth-order valence-electron chi connectivity index (χ4n) is 3.20. The molecule has 0 aliphatic carbocycles. The zero-order valence-electron chi connectivity index (χ0n) is 20.4. The maximum Gasteiger partial charge on any atom is 0.261 e. The first-order valence-corrected chi connectivity index (χ1v) is 14.5. The van der Waals surface area contributed by atoms with E-state index in [1.807, 2.05) is 13.8 Å². The zero-order valence-corrected chi connectivity index (χ0v) is 22.1. The third-order valence-corrected chi connectivity index (χ3v) is 7.83. The Labute approximate surface area is 217 Å². The van der Waals surface area contributed by atoms with Gasteiger partial charge in [0.2, 0.25) is 15.9 Å². The van der Waals surface area contributed by atoms with Gasteiger partial charge in [0.1, 0.15) is 11.5 Å². The smallest absolute Gasteiger partial charge is 0.261 e. The average Bonchev–Trinajstić information content (AvgIpc) is 2.86. The molecule has 0 saturated carbocycles. The van der Waals surface area contributed by atoms with Gasteiger partial charge in [-0.05, 0) is 86.6 Å². The van der Waals surface area contributed by atoms with E-state index in [9.17, 15) is 21.6 Å². The van der Waals surface area contributed by atoms with Crippen LogP contribution in [0.5, 0.6) is 11.5 Å². The second kappa shape index (κ2) is 12.6. The normalized spacial score (nSPS) is 11.5. The van der Waals surface area contributed by atoms with E-state index in [1.54, 1.807) is 36.4 Å². The van der Waals surface area contributed by atoms with Gasteiger partial charge in [0.25, 0.3) is 10.0 Å². The van der Waals surface area contributed by atoms with Crippen LogP contribution in [0.3, 0.4) is 0 Å². The molecule has 0 aromatic heterocycles. The van der Waals surface area contributed by atoms with Gasteiger partial charge in [-0.1, -0.05) is 0 Å². The SMILES string of the molecule is CCOc1ccc(NS(=O)(=O)c2ccc(NC(=O)CCNS(=O)(=O)c3ccc(OCC)cc3)cc2)cc1. The van der Waals surface area contributed by atoms with Gasteiger partial charge in [0, 0.05) is 24.3 Å². The monoisotopic (exact) mass is 547 g/mol. The molecule has 3 N–H and O–H groups in total. The summed E-state index contributed by atoms with van der Waals surface area (Å²) < 4.78 is 65.6. The summed E-state index contributed by atoms with van der Waals surface area (Å²) in [6.07, 6.45) is -0.115. The zero-order chi connectivity index (χ0) is 26.9. The predicted molar refractivity (Wildman–Crippen MR) is 141 cm³/mol. The molecule has 3 aromatic carbocycles. The van der Waals surface area contributed by atoms with Crippen LogP contribution in [0, 0.1) is 0 Å². The van der Waals surface area contributed by atoms with E-state index >= 15 is 0 Å². The molecule has 0 radical (unpaired) electrons. The Bertz CT molecular complexity index is 1390. The van der Waals surface area contributed by atoms with Gasteiger partial charge >= 0.3 is 0 Å². The van der Waals surface area contributed by atoms with Gasteiger partial charge < -0.3 is 14.8 Å². The minimum Gasteiger partial charge on any atom is -0.494 e. The van der Waals surface area contributed by atoms with Crippen LogP contribution < -0.4 is 24.2 Å². The number of benzene rings is 3. The minimum absolute atomic E-state index is 0.0162. The lowest BCUT2D eigenvalue weighted by molar-refractivity contribution is -0.116. The minimum atomic E-state index is -3.83. The number of anilines is 2. The highest BCUT2D eigenvalue weighted by Crippen LogP contribution is 2.21. The van der Waals surface area contributed by atoms with E-state index in [2.05, 4.69) is 14.8 Å². The van der Waals surface area contributed by atoms with Gasteiger partial charge in [-0.3, -0.25) is 9.52 Å². The van der Waals surface area contributed by atoms with Crippen LogP contribution in [0.25, 0.3) is 0 Å². The molecule has 12 heteroatoms. The van der Waals surface area contributed by atoms with Crippen LogP contribution in [0.1, 0.15) is 20.3 Å². The second-order valence-electron chi connectivity index (χ2n) is 7.69.